The molecule has 5 heteroatoms. The van der Waals surface area contributed by atoms with E-state index in [0.717, 1.165) is 31.5 Å². The van der Waals surface area contributed by atoms with Crippen molar-refractivity contribution in [1.82, 2.24) is 9.88 Å². The number of rotatable bonds is 3. The Morgan fingerprint density at radius 2 is 2.22 bits per heavy atom. The number of nitrogens with one attached hydrogen (secondary N) is 1. The SMILES string of the molecule is O=C(Nc1ccncc1)N1CCCCC1CCO. The van der Waals surface area contributed by atoms with Crippen LogP contribution in [0.15, 0.2) is 24.5 Å². The molecule has 0 aromatic carbocycles. The Balaban J connectivity index is 1.98. The van der Waals surface area contributed by atoms with Crippen molar-refractivity contribution in [2.75, 3.05) is 18.5 Å². The fourth-order valence-corrected chi connectivity index (χ4v) is 2.35. The van der Waals surface area contributed by atoms with E-state index in [4.69, 9.17) is 5.11 Å². The second-order valence-corrected chi connectivity index (χ2v) is 4.52. The molecule has 2 amide bonds. The van der Waals surface area contributed by atoms with E-state index >= 15 is 0 Å². The molecule has 1 saturated heterocycles. The van der Waals surface area contributed by atoms with Crippen LogP contribution in [-0.4, -0.2) is 40.2 Å². The third-order valence-corrected chi connectivity index (χ3v) is 3.28. The number of urea groups is 1. The van der Waals surface area contributed by atoms with Crippen LogP contribution in [0.1, 0.15) is 25.7 Å². The Kier molecular flexibility index (Phi) is 4.52. The highest BCUT2D eigenvalue weighted by Gasteiger charge is 2.26. The van der Waals surface area contributed by atoms with E-state index < -0.39 is 0 Å². The number of amides is 2. The van der Waals surface area contributed by atoms with Crippen LogP contribution in [0, 0.1) is 0 Å². The summed E-state index contributed by atoms with van der Waals surface area (Å²) in [6.45, 7) is 0.894. The van der Waals surface area contributed by atoms with Crippen LogP contribution in [0.2, 0.25) is 0 Å². The van der Waals surface area contributed by atoms with Crippen LogP contribution in [0.25, 0.3) is 0 Å². The van der Waals surface area contributed by atoms with Crippen molar-refractivity contribution < 1.29 is 9.90 Å². The molecule has 2 rings (SSSR count). The average molecular weight is 249 g/mol. The first kappa shape index (κ1) is 12.8. The molecular weight excluding hydrogens is 230 g/mol. The van der Waals surface area contributed by atoms with Gasteiger partial charge in [0.05, 0.1) is 0 Å². The average Bonchev–Trinajstić information content (AvgIpc) is 2.41. The summed E-state index contributed by atoms with van der Waals surface area (Å²) in [7, 11) is 0. The summed E-state index contributed by atoms with van der Waals surface area (Å²) in [5.41, 5.74) is 0.753. The molecule has 1 aromatic rings. The van der Waals surface area contributed by atoms with Gasteiger partial charge in [0.1, 0.15) is 0 Å². The van der Waals surface area contributed by atoms with E-state index in [1.807, 2.05) is 4.90 Å². The number of hydrogen-bond acceptors (Lipinski definition) is 3. The number of aliphatic hydroxyl groups is 1. The molecule has 5 nitrogen and oxygen atoms in total. The lowest BCUT2D eigenvalue weighted by Gasteiger charge is -2.35. The summed E-state index contributed by atoms with van der Waals surface area (Å²) in [6.07, 6.45) is 7.09. The van der Waals surface area contributed by atoms with Crippen LogP contribution < -0.4 is 5.32 Å². The minimum Gasteiger partial charge on any atom is -0.396 e. The van der Waals surface area contributed by atoms with Crippen LogP contribution in [0.5, 0.6) is 0 Å². The first-order valence-electron chi connectivity index (χ1n) is 6.40. The molecule has 1 unspecified atom stereocenters. The number of piperidine rings is 1. The van der Waals surface area contributed by atoms with Crippen molar-refractivity contribution in [2.24, 2.45) is 0 Å². The quantitative estimate of drug-likeness (QED) is 0.859. The van der Waals surface area contributed by atoms with E-state index in [0.29, 0.717) is 6.42 Å². The number of nitrogens with zero attached hydrogens (tertiary/aromatic N) is 2. The Bertz CT molecular complexity index is 381. The van der Waals surface area contributed by atoms with Gasteiger partial charge in [-0.1, -0.05) is 0 Å². The van der Waals surface area contributed by atoms with Gasteiger partial charge in [0.25, 0.3) is 0 Å². The topological polar surface area (TPSA) is 65.5 Å². The molecule has 0 radical (unpaired) electrons. The maximum atomic E-state index is 12.2. The number of anilines is 1. The zero-order valence-electron chi connectivity index (χ0n) is 10.4. The van der Waals surface area contributed by atoms with Gasteiger partial charge < -0.3 is 15.3 Å². The van der Waals surface area contributed by atoms with E-state index in [1.165, 1.54) is 0 Å². The summed E-state index contributed by atoms with van der Waals surface area (Å²) in [6, 6.07) is 3.61. The molecule has 2 N–H and O–H groups in total. The first-order valence-corrected chi connectivity index (χ1v) is 6.40. The molecule has 1 aliphatic rings. The smallest absolute Gasteiger partial charge is 0.322 e. The number of pyridine rings is 1. The molecule has 1 fully saturated rings. The lowest BCUT2D eigenvalue weighted by Crippen LogP contribution is -2.46. The fraction of sp³-hybridized carbons (Fsp3) is 0.538. The van der Waals surface area contributed by atoms with Crippen LogP contribution in [0.3, 0.4) is 0 Å². The molecular formula is C13H19N3O2. The number of carbonyl (C=O) groups excluding carboxylic acids is 1. The van der Waals surface area contributed by atoms with Crippen molar-refractivity contribution in [3.8, 4) is 0 Å². The Morgan fingerprint density at radius 3 is 2.94 bits per heavy atom. The maximum absolute atomic E-state index is 12.2. The van der Waals surface area contributed by atoms with E-state index in [9.17, 15) is 4.79 Å². The van der Waals surface area contributed by atoms with Crippen molar-refractivity contribution in [3.05, 3.63) is 24.5 Å². The van der Waals surface area contributed by atoms with Gasteiger partial charge in [-0.05, 0) is 37.8 Å². The molecule has 1 aliphatic heterocycles. The molecule has 2 heterocycles. The summed E-state index contributed by atoms with van der Waals surface area (Å²) in [4.78, 5) is 17.9. The highest BCUT2D eigenvalue weighted by Crippen LogP contribution is 2.20. The summed E-state index contributed by atoms with van der Waals surface area (Å²) >= 11 is 0. The summed E-state index contributed by atoms with van der Waals surface area (Å²) < 4.78 is 0. The second-order valence-electron chi connectivity index (χ2n) is 4.52. The normalized spacial score (nSPS) is 19.6. The van der Waals surface area contributed by atoms with E-state index in [1.54, 1.807) is 24.5 Å². The Morgan fingerprint density at radius 1 is 1.44 bits per heavy atom. The minimum absolute atomic E-state index is 0.0839. The van der Waals surface area contributed by atoms with Gasteiger partial charge in [0.15, 0.2) is 0 Å². The first-order chi connectivity index (χ1) is 8.81. The molecule has 1 aromatic heterocycles. The van der Waals surface area contributed by atoms with Crippen LogP contribution >= 0.6 is 0 Å². The largest absolute Gasteiger partial charge is 0.396 e. The third-order valence-electron chi connectivity index (χ3n) is 3.28. The molecule has 0 spiro atoms. The van der Waals surface area contributed by atoms with Crippen molar-refractivity contribution in [1.29, 1.82) is 0 Å². The predicted octanol–water partition coefficient (Wildman–Crippen LogP) is 1.85. The molecule has 0 saturated carbocycles. The molecule has 0 aliphatic carbocycles. The highest BCUT2D eigenvalue weighted by molar-refractivity contribution is 5.89. The van der Waals surface area contributed by atoms with Gasteiger partial charge in [-0.2, -0.15) is 0 Å². The molecule has 98 valence electrons. The lowest BCUT2D eigenvalue weighted by atomic mass is 10.0. The number of likely N-dealkylation sites (tertiary alicyclic amines) is 1. The van der Waals surface area contributed by atoms with Gasteiger partial charge in [0.2, 0.25) is 0 Å². The standard InChI is InChI=1S/C13H19N3O2/c17-10-6-12-3-1-2-9-16(12)13(18)15-11-4-7-14-8-5-11/h4-5,7-8,12,17H,1-3,6,9-10H2,(H,14,15,18). The fourth-order valence-electron chi connectivity index (χ4n) is 2.35. The number of aliphatic hydroxyl groups excluding tert-OH is 1. The minimum atomic E-state index is -0.0839. The maximum Gasteiger partial charge on any atom is 0.322 e. The number of hydrogen-bond donors (Lipinski definition) is 2. The number of aromatic nitrogens is 1. The number of carbonyl (C=O) groups is 1. The third kappa shape index (κ3) is 3.20. The summed E-state index contributed by atoms with van der Waals surface area (Å²) in [5, 5.41) is 11.9. The van der Waals surface area contributed by atoms with Crippen molar-refractivity contribution in [2.45, 2.75) is 31.7 Å². The second kappa shape index (κ2) is 6.35. The Hall–Kier alpha value is -1.62. The van der Waals surface area contributed by atoms with Crippen molar-refractivity contribution in [3.63, 3.8) is 0 Å². The van der Waals surface area contributed by atoms with Gasteiger partial charge in [0, 0.05) is 37.3 Å². The van der Waals surface area contributed by atoms with E-state index in [2.05, 4.69) is 10.3 Å². The predicted molar refractivity (Wildman–Crippen MR) is 69.3 cm³/mol. The lowest BCUT2D eigenvalue weighted by molar-refractivity contribution is 0.141. The molecule has 18 heavy (non-hydrogen) atoms. The van der Waals surface area contributed by atoms with E-state index in [-0.39, 0.29) is 18.7 Å². The van der Waals surface area contributed by atoms with Crippen molar-refractivity contribution >= 4 is 11.7 Å². The highest BCUT2D eigenvalue weighted by atomic mass is 16.3. The van der Waals surface area contributed by atoms with Gasteiger partial charge in [-0.25, -0.2) is 4.79 Å². The summed E-state index contributed by atoms with van der Waals surface area (Å²) in [5.74, 6) is 0. The van der Waals surface area contributed by atoms with Crippen LogP contribution in [0.4, 0.5) is 10.5 Å². The molecule has 1 atom stereocenters. The monoisotopic (exact) mass is 249 g/mol. The Labute approximate surface area is 107 Å². The van der Waals surface area contributed by atoms with Gasteiger partial charge in [-0.3, -0.25) is 4.98 Å². The van der Waals surface area contributed by atoms with Gasteiger partial charge >= 0.3 is 6.03 Å². The van der Waals surface area contributed by atoms with Crippen LogP contribution in [-0.2, 0) is 0 Å². The zero-order chi connectivity index (χ0) is 12.8. The molecule has 0 bridgehead atoms. The zero-order valence-corrected chi connectivity index (χ0v) is 10.4. The van der Waals surface area contributed by atoms with Gasteiger partial charge in [-0.15, -0.1) is 0 Å².